The van der Waals surface area contributed by atoms with Gasteiger partial charge < -0.3 is 91.5 Å². The SMILES string of the molecule is COc1ccc(C[C@H]2NC(=O)/C=C/C[C@@H]([C@H](C)[C@H]3O[C@@H]3c3ccc(CNC(=O)[C@H](CCC(=O)NC[C@H]4O[C@@H](OC)[C@H](O)[C@@H](O)[C@@H]4O)NC(=O)[C@@H](NC(=O)CCN(CCC(=O)O)C(=O)CCC(=O)NCCS(=O)(=O)O)C(C)C)cc3)OC(=O)[C@H](CC(C)C)NC(=O)C(C)(C)CNC2=O)cc1Cl. The molecule has 3 aliphatic rings. The van der Waals surface area contributed by atoms with Crippen molar-refractivity contribution in [1.82, 2.24) is 47.4 Å². The summed E-state index contributed by atoms with van der Waals surface area (Å²) in [4.78, 5) is 149. The Morgan fingerprint density at radius 1 is 0.780 bits per heavy atom. The highest BCUT2D eigenvalue weighted by molar-refractivity contribution is 7.85. The number of hydrogen-bond acceptors (Lipinski definition) is 21. The third kappa shape index (κ3) is 26.6. The van der Waals surface area contributed by atoms with E-state index in [1.54, 1.807) is 70.2 Å². The van der Waals surface area contributed by atoms with Crippen LogP contribution < -0.4 is 47.3 Å². The van der Waals surface area contributed by atoms with Crippen LogP contribution in [0.3, 0.4) is 0 Å². The second-order valence-corrected chi connectivity index (χ2v) is 28.3. The molecule has 13 N–H and O–H groups in total. The standard InChI is InChI=1S/C66H96ClN9O23S/c1-35(2)29-44-63(90)97-45(11-10-12-50(79)72-43(31-39-15-19-46(95-8)41(67)30-39)61(88)71-34-66(6,7)65(91)74-44)37(5)58-59(99-58)40-16-13-38(14-17-40)32-70-60(87)42(18-20-49(78)69-33-47-55(84)56(85)57(86)64(96-9)98-47)73-62(89)54(36(3)4)75-51(80)23-26-76(27-24-53(82)83)52(81)22-21-48(77)68-25-28-100(92,93)94/h10,12-17,19,30,35-37,42-45,47,54-59,64,84-86H,11,18,20-29,31-34H2,1-9H3,(H,68,77)(H,69,78)(H,70,87)(H,71,88)(H,72,79)(H,73,89)(H,74,91)(H,75,80)(H,82,83)(H,92,93,94)/b12-10+/t37-,42-,43+,44-,45-,47+,54-,55+,56-,57+,58+,59+,64+/m0/s1. The Labute approximate surface area is 585 Å². The van der Waals surface area contributed by atoms with Gasteiger partial charge in [-0.2, -0.15) is 8.42 Å². The second kappa shape index (κ2) is 38.8. The molecule has 2 aromatic carbocycles. The van der Waals surface area contributed by atoms with Gasteiger partial charge in [0.15, 0.2) is 6.29 Å². The molecule has 0 bridgehead atoms. The van der Waals surface area contributed by atoms with Crippen molar-refractivity contribution in [2.45, 2.75) is 186 Å². The van der Waals surface area contributed by atoms with Crippen LogP contribution in [0.2, 0.25) is 5.02 Å². The van der Waals surface area contributed by atoms with E-state index in [0.717, 1.165) is 4.90 Å². The highest BCUT2D eigenvalue weighted by Gasteiger charge is 2.48. The number of carbonyl (C=O) groups is 11. The number of amides is 9. The molecule has 34 heteroatoms. The van der Waals surface area contributed by atoms with E-state index < -0.39 is 210 Å². The van der Waals surface area contributed by atoms with Crippen LogP contribution >= 0.6 is 11.6 Å². The molecule has 2 fully saturated rings. The van der Waals surface area contributed by atoms with Crippen molar-refractivity contribution in [2.75, 3.05) is 52.7 Å². The Hall–Kier alpha value is -7.89. The average Bonchev–Trinajstić information content (AvgIpc) is 1.63. The molecule has 0 radical (unpaired) electrons. The molecule has 9 amide bonds. The molecule has 0 aromatic heterocycles. The van der Waals surface area contributed by atoms with E-state index in [1.807, 2.05) is 20.8 Å². The summed E-state index contributed by atoms with van der Waals surface area (Å²) in [6, 6.07) is 6.97. The number of cyclic esters (lactones) is 1. The average molecular weight is 1450 g/mol. The summed E-state index contributed by atoms with van der Waals surface area (Å²) in [5.41, 5.74) is 0.666. The number of carbonyl (C=O) groups excluding carboxylic acids is 10. The normalized spacial score (nSPS) is 24.0. The lowest BCUT2D eigenvalue weighted by molar-refractivity contribution is -0.288. The molecule has 2 aromatic rings. The molecule has 13 atom stereocenters. The van der Waals surface area contributed by atoms with E-state index in [9.17, 15) is 81.6 Å². The van der Waals surface area contributed by atoms with E-state index >= 15 is 0 Å². The highest BCUT2D eigenvalue weighted by atomic mass is 35.5. The largest absolute Gasteiger partial charge is 0.495 e. The molecule has 0 spiro atoms. The Kier molecular flexibility index (Phi) is 32.1. The molecule has 32 nitrogen and oxygen atoms in total. The summed E-state index contributed by atoms with van der Waals surface area (Å²) in [6.07, 6.45) is -8.98. The molecular weight excluding hydrogens is 1350 g/mol. The van der Waals surface area contributed by atoms with Gasteiger partial charge in [-0.15, -0.1) is 0 Å². The lowest BCUT2D eigenvalue weighted by Gasteiger charge is -2.39. The number of nitrogens with one attached hydrogen (secondary N) is 8. The minimum Gasteiger partial charge on any atom is -0.495 e. The number of epoxide rings is 1. The van der Waals surface area contributed by atoms with E-state index in [4.69, 9.17) is 39.8 Å². The Morgan fingerprint density at radius 3 is 2.08 bits per heavy atom. The number of ether oxygens (including phenoxy) is 5. The minimum atomic E-state index is -4.38. The van der Waals surface area contributed by atoms with Crippen LogP contribution in [0.1, 0.15) is 123 Å². The van der Waals surface area contributed by atoms with Crippen LogP contribution in [-0.2, 0) is 94.8 Å². The lowest BCUT2D eigenvalue weighted by atomic mass is 9.90. The first-order valence-corrected chi connectivity index (χ1v) is 34.9. The third-order valence-corrected chi connectivity index (χ3v) is 18.0. The van der Waals surface area contributed by atoms with Gasteiger partial charge in [0.25, 0.3) is 10.1 Å². The summed E-state index contributed by atoms with van der Waals surface area (Å²) < 4.78 is 59.2. The smallest absolute Gasteiger partial charge is 0.328 e. The zero-order chi connectivity index (χ0) is 74.3. The number of aliphatic carboxylic acids is 1. The van der Waals surface area contributed by atoms with Gasteiger partial charge in [0.05, 0.1) is 35.8 Å². The first-order chi connectivity index (χ1) is 47.0. The first kappa shape index (κ1) is 82.8. The molecule has 3 heterocycles. The van der Waals surface area contributed by atoms with Gasteiger partial charge in [-0.25, -0.2) is 4.79 Å². The molecule has 0 unspecified atom stereocenters. The highest BCUT2D eigenvalue weighted by Crippen LogP contribution is 2.45. The monoisotopic (exact) mass is 1450 g/mol. The Morgan fingerprint density at radius 2 is 1.45 bits per heavy atom. The van der Waals surface area contributed by atoms with Crippen molar-refractivity contribution in [1.29, 1.82) is 0 Å². The minimum absolute atomic E-state index is 0.0236. The molecule has 100 heavy (non-hydrogen) atoms. The van der Waals surface area contributed by atoms with Crippen LogP contribution in [0.25, 0.3) is 0 Å². The third-order valence-electron chi connectivity index (χ3n) is 17.0. The van der Waals surface area contributed by atoms with E-state index in [-0.39, 0.29) is 64.3 Å². The van der Waals surface area contributed by atoms with E-state index in [0.29, 0.717) is 27.5 Å². The van der Waals surface area contributed by atoms with Gasteiger partial charge in [-0.1, -0.05) is 82.6 Å². The zero-order valence-corrected chi connectivity index (χ0v) is 59.1. The molecule has 5 rings (SSSR count). The van der Waals surface area contributed by atoms with Crippen molar-refractivity contribution in [3.8, 4) is 5.75 Å². The van der Waals surface area contributed by atoms with Gasteiger partial charge in [0.2, 0.25) is 53.2 Å². The number of rotatable bonds is 33. The fraction of sp³-hybridized carbons (Fsp3) is 0.621. The number of methoxy groups -OCH3 is 2. The molecule has 2 saturated heterocycles. The second-order valence-electron chi connectivity index (χ2n) is 26.3. The first-order valence-electron chi connectivity index (χ1n) is 32.9. The summed E-state index contributed by atoms with van der Waals surface area (Å²) in [6.45, 7) is 10.2. The number of carboxylic acids is 1. The van der Waals surface area contributed by atoms with Crippen molar-refractivity contribution in [3.63, 3.8) is 0 Å². The van der Waals surface area contributed by atoms with Crippen molar-refractivity contribution in [2.24, 2.45) is 23.2 Å². The predicted octanol–water partition coefficient (Wildman–Crippen LogP) is -0.233. The zero-order valence-electron chi connectivity index (χ0n) is 57.5. The maximum Gasteiger partial charge on any atom is 0.328 e. The van der Waals surface area contributed by atoms with Gasteiger partial charge in [0, 0.05) is 90.8 Å². The molecule has 556 valence electrons. The Bertz CT molecular complexity index is 3340. The quantitative estimate of drug-likeness (QED) is 0.0249. The van der Waals surface area contributed by atoms with Gasteiger partial charge in [0.1, 0.15) is 66.5 Å². The van der Waals surface area contributed by atoms with Gasteiger partial charge in [-0.05, 0) is 73.4 Å². The van der Waals surface area contributed by atoms with Crippen molar-refractivity contribution in [3.05, 3.63) is 76.3 Å². The van der Waals surface area contributed by atoms with Crippen LogP contribution in [0.15, 0.2) is 54.6 Å². The Balaban J connectivity index is 1.29. The summed E-state index contributed by atoms with van der Waals surface area (Å²) in [5.74, 6) is -9.79. The number of aliphatic hydroxyl groups excluding tert-OH is 3. The van der Waals surface area contributed by atoms with Crippen LogP contribution in [0.4, 0.5) is 0 Å². The van der Waals surface area contributed by atoms with Crippen LogP contribution in [-0.4, -0.2) is 223 Å². The number of benzene rings is 2. The summed E-state index contributed by atoms with van der Waals surface area (Å²) in [5, 5.41) is 61.9. The summed E-state index contributed by atoms with van der Waals surface area (Å²) >= 11 is 6.40. The maximum absolute atomic E-state index is 14.2. The fourth-order valence-corrected chi connectivity index (χ4v) is 11.5. The molecular formula is C66H96ClN9O23S. The molecule has 3 aliphatic heterocycles. The van der Waals surface area contributed by atoms with Gasteiger partial charge >= 0.3 is 11.9 Å². The van der Waals surface area contributed by atoms with Gasteiger partial charge in [-0.3, -0.25) is 52.5 Å². The number of aliphatic hydroxyl groups is 3. The van der Waals surface area contributed by atoms with Crippen LogP contribution in [0, 0.1) is 23.2 Å². The number of nitrogens with zero attached hydrogens (tertiary/aromatic N) is 1. The van der Waals surface area contributed by atoms with Crippen molar-refractivity contribution < 1.29 is 110 Å². The summed E-state index contributed by atoms with van der Waals surface area (Å²) in [7, 11) is -1.71. The van der Waals surface area contributed by atoms with E-state index in [1.165, 1.54) is 26.4 Å². The maximum atomic E-state index is 14.2. The number of hydrogen-bond donors (Lipinski definition) is 13. The van der Waals surface area contributed by atoms with Crippen molar-refractivity contribution >= 4 is 86.8 Å². The van der Waals surface area contributed by atoms with Crippen LogP contribution in [0.5, 0.6) is 5.75 Å². The van der Waals surface area contributed by atoms with E-state index in [2.05, 4.69) is 42.5 Å². The lowest BCUT2D eigenvalue weighted by Crippen LogP contribution is -2.60. The fourth-order valence-electron chi connectivity index (χ4n) is 10.9. The molecule has 0 aliphatic carbocycles. The molecule has 0 saturated carbocycles. The topological polar surface area (TPSA) is 472 Å². The predicted molar refractivity (Wildman–Crippen MR) is 357 cm³/mol. The number of halogens is 1. The number of carboxylic acid groups (broad SMARTS) is 1. The number of esters is 1.